The summed E-state index contributed by atoms with van der Waals surface area (Å²) >= 11 is 2.06. The van der Waals surface area contributed by atoms with Crippen LogP contribution in [0.4, 0.5) is 0 Å². The molecule has 4 heteroatoms. The third kappa shape index (κ3) is 3.68. The Morgan fingerprint density at radius 3 is 2.90 bits per heavy atom. The molecule has 1 aliphatic carbocycles. The Labute approximate surface area is 126 Å². The van der Waals surface area contributed by atoms with Gasteiger partial charge in [0.1, 0.15) is 5.75 Å². The number of rotatable bonds is 8. The van der Waals surface area contributed by atoms with Crippen LogP contribution in [0.15, 0.2) is 18.2 Å². The molecule has 1 N–H and O–H groups in total. The first kappa shape index (κ1) is 15.7. The topological polar surface area (TPSA) is 30.5 Å². The Kier molecular flexibility index (Phi) is 6.20. The van der Waals surface area contributed by atoms with Crippen LogP contribution in [0.5, 0.6) is 5.75 Å². The van der Waals surface area contributed by atoms with Gasteiger partial charge in [-0.05, 0) is 48.4 Å². The summed E-state index contributed by atoms with van der Waals surface area (Å²) in [6, 6.07) is 6.92. The molecule has 1 aromatic carbocycles. The lowest BCUT2D eigenvalue weighted by Crippen LogP contribution is -2.27. The van der Waals surface area contributed by atoms with Gasteiger partial charge in [-0.25, -0.2) is 0 Å². The van der Waals surface area contributed by atoms with Crippen molar-refractivity contribution in [2.24, 2.45) is 0 Å². The fourth-order valence-corrected chi connectivity index (χ4v) is 4.08. The molecule has 0 saturated carbocycles. The summed E-state index contributed by atoms with van der Waals surface area (Å²) in [6.45, 7) is 4.02. The van der Waals surface area contributed by atoms with Gasteiger partial charge in [-0.15, -0.1) is 0 Å². The molecule has 2 rings (SSSR count). The SMILES string of the molecule is CCNC1c2cc(OC)ccc2CC1SCCCOC. The normalized spacial score (nSPS) is 20.9. The highest BCUT2D eigenvalue weighted by atomic mass is 32.2. The Balaban J connectivity index is 2.04. The van der Waals surface area contributed by atoms with Gasteiger partial charge < -0.3 is 14.8 Å². The molecule has 2 unspecified atom stereocenters. The molecule has 3 nitrogen and oxygen atoms in total. The van der Waals surface area contributed by atoms with Gasteiger partial charge in [0, 0.05) is 25.0 Å². The predicted octanol–water partition coefficient (Wildman–Crippen LogP) is 3.04. The summed E-state index contributed by atoms with van der Waals surface area (Å²) in [5, 5.41) is 4.25. The molecule has 0 saturated heterocycles. The number of benzene rings is 1. The molecule has 1 aliphatic rings. The van der Waals surface area contributed by atoms with Crippen molar-refractivity contribution < 1.29 is 9.47 Å². The maximum Gasteiger partial charge on any atom is 0.119 e. The Morgan fingerprint density at radius 2 is 2.20 bits per heavy atom. The van der Waals surface area contributed by atoms with Gasteiger partial charge in [0.05, 0.1) is 7.11 Å². The van der Waals surface area contributed by atoms with Gasteiger partial charge >= 0.3 is 0 Å². The van der Waals surface area contributed by atoms with E-state index in [2.05, 4.69) is 42.2 Å². The van der Waals surface area contributed by atoms with E-state index in [9.17, 15) is 0 Å². The van der Waals surface area contributed by atoms with Crippen LogP contribution in [0.3, 0.4) is 0 Å². The predicted molar refractivity (Wildman–Crippen MR) is 85.9 cm³/mol. The molecule has 0 bridgehead atoms. The van der Waals surface area contributed by atoms with Crippen molar-refractivity contribution in [3.8, 4) is 5.75 Å². The lowest BCUT2D eigenvalue weighted by atomic mass is 10.1. The molecule has 0 amide bonds. The van der Waals surface area contributed by atoms with Crippen LogP contribution in [0.25, 0.3) is 0 Å². The molecule has 0 aliphatic heterocycles. The van der Waals surface area contributed by atoms with Crippen molar-refractivity contribution in [1.82, 2.24) is 5.32 Å². The van der Waals surface area contributed by atoms with E-state index in [1.807, 2.05) is 0 Å². The molecule has 20 heavy (non-hydrogen) atoms. The summed E-state index contributed by atoms with van der Waals surface area (Å²) in [7, 11) is 3.50. The van der Waals surface area contributed by atoms with Crippen LogP contribution in [-0.2, 0) is 11.2 Å². The largest absolute Gasteiger partial charge is 0.497 e. The number of thioether (sulfide) groups is 1. The molecular formula is C16H25NO2S. The van der Waals surface area contributed by atoms with Crippen LogP contribution in [0, 0.1) is 0 Å². The smallest absolute Gasteiger partial charge is 0.119 e. The molecule has 0 aromatic heterocycles. The Bertz CT molecular complexity index is 425. The number of fused-ring (bicyclic) bond motifs is 1. The van der Waals surface area contributed by atoms with Crippen molar-refractivity contribution >= 4 is 11.8 Å². The number of nitrogens with one attached hydrogen (secondary N) is 1. The second kappa shape index (κ2) is 7.91. The second-order valence-electron chi connectivity index (χ2n) is 5.06. The first-order valence-corrected chi connectivity index (χ1v) is 8.35. The van der Waals surface area contributed by atoms with Gasteiger partial charge in [-0.1, -0.05) is 13.0 Å². The Morgan fingerprint density at radius 1 is 1.35 bits per heavy atom. The van der Waals surface area contributed by atoms with Gasteiger partial charge in [0.25, 0.3) is 0 Å². The van der Waals surface area contributed by atoms with Crippen molar-refractivity contribution in [2.45, 2.75) is 31.1 Å². The maximum atomic E-state index is 5.36. The van der Waals surface area contributed by atoms with Crippen molar-refractivity contribution in [3.63, 3.8) is 0 Å². The molecule has 112 valence electrons. The van der Waals surface area contributed by atoms with Gasteiger partial charge in [0.2, 0.25) is 0 Å². The fraction of sp³-hybridized carbons (Fsp3) is 0.625. The lowest BCUT2D eigenvalue weighted by Gasteiger charge is -2.21. The first-order chi connectivity index (χ1) is 9.80. The summed E-state index contributed by atoms with van der Waals surface area (Å²) in [6.07, 6.45) is 2.27. The third-order valence-electron chi connectivity index (χ3n) is 3.73. The monoisotopic (exact) mass is 295 g/mol. The second-order valence-corrected chi connectivity index (χ2v) is 6.41. The standard InChI is InChI=1S/C16H25NO2S/c1-4-17-16-14-11-13(19-3)7-6-12(14)10-15(16)20-9-5-8-18-2/h6-7,11,15-17H,4-5,8-10H2,1-3H3. The minimum atomic E-state index is 0.442. The quantitative estimate of drug-likeness (QED) is 0.747. The highest BCUT2D eigenvalue weighted by Crippen LogP contribution is 2.40. The third-order valence-corrected chi connectivity index (χ3v) is 5.12. The zero-order valence-corrected chi connectivity index (χ0v) is 13.5. The van der Waals surface area contributed by atoms with Gasteiger partial charge in [0.15, 0.2) is 0 Å². The average Bonchev–Trinajstić information content (AvgIpc) is 2.81. The lowest BCUT2D eigenvalue weighted by molar-refractivity contribution is 0.200. The minimum Gasteiger partial charge on any atom is -0.497 e. The minimum absolute atomic E-state index is 0.442. The molecule has 0 spiro atoms. The summed E-state index contributed by atoms with van der Waals surface area (Å²) < 4.78 is 10.5. The van der Waals surface area contributed by atoms with Crippen LogP contribution in [0.1, 0.15) is 30.5 Å². The van der Waals surface area contributed by atoms with Crippen LogP contribution >= 0.6 is 11.8 Å². The van der Waals surface area contributed by atoms with E-state index in [1.165, 1.54) is 11.1 Å². The summed E-state index contributed by atoms with van der Waals surface area (Å²) in [5.74, 6) is 2.11. The summed E-state index contributed by atoms with van der Waals surface area (Å²) in [5.41, 5.74) is 2.87. The number of hydrogen-bond donors (Lipinski definition) is 1. The van der Waals surface area contributed by atoms with E-state index in [0.717, 1.165) is 37.5 Å². The van der Waals surface area contributed by atoms with E-state index in [4.69, 9.17) is 9.47 Å². The zero-order valence-electron chi connectivity index (χ0n) is 12.6. The van der Waals surface area contributed by atoms with Crippen LogP contribution in [-0.4, -0.2) is 38.4 Å². The molecule has 0 fully saturated rings. The highest BCUT2D eigenvalue weighted by molar-refractivity contribution is 7.99. The van der Waals surface area contributed by atoms with Crippen molar-refractivity contribution in [1.29, 1.82) is 0 Å². The van der Waals surface area contributed by atoms with E-state index in [1.54, 1.807) is 14.2 Å². The van der Waals surface area contributed by atoms with Gasteiger partial charge in [-0.3, -0.25) is 0 Å². The molecule has 0 heterocycles. The fourth-order valence-electron chi connectivity index (χ4n) is 2.76. The number of hydrogen-bond acceptors (Lipinski definition) is 4. The van der Waals surface area contributed by atoms with E-state index < -0.39 is 0 Å². The molecule has 1 aromatic rings. The summed E-state index contributed by atoms with van der Waals surface area (Å²) in [4.78, 5) is 0. The molecular weight excluding hydrogens is 270 g/mol. The molecule has 2 atom stereocenters. The number of ether oxygens (including phenoxy) is 2. The first-order valence-electron chi connectivity index (χ1n) is 7.30. The van der Waals surface area contributed by atoms with E-state index >= 15 is 0 Å². The maximum absolute atomic E-state index is 5.36. The van der Waals surface area contributed by atoms with Crippen LogP contribution < -0.4 is 10.1 Å². The van der Waals surface area contributed by atoms with E-state index in [-0.39, 0.29) is 0 Å². The number of methoxy groups -OCH3 is 2. The van der Waals surface area contributed by atoms with Crippen molar-refractivity contribution in [2.75, 3.05) is 33.1 Å². The van der Waals surface area contributed by atoms with Crippen LogP contribution in [0.2, 0.25) is 0 Å². The molecule has 0 radical (unpaired) electrons. The zero-order chi connectivity index (χ0) is 14.4. The highest BCUT2D eigenvalue weighted by Gasteiger charge is 2.32. The van der Waals surface area contributed by atoms with E-state index in [0.29, 0.717) is 11.3 Å². The van der Waals surface area contributed by atoms with Gasteiger partial charge in [-0.2, -0.15) is 11.8 Å². The Hall–Kier alpha value is -0.710. The average molecular weight is 295 g/mol. The van der Waals surface area contributed by atoms with Crippen molar-refractivity contribution in [3.05, 3.63) is 29.3 Å².